The van der Waals surface area contributed by atoms with Gasteiger partial charge >= 0.3 is 0 Å². The van der Waals surface area contributed by atoms with E-state index < -0.39 is 5.82 Å². The van der Waals surface area contributed by atoms with Crippen LogP contribution in [0.2, 0.25) is 0 Å². The van der Waals surface area contributed by atoms with Crippen LogP contribution < -0.4 is 5.32 Å². The van der Waals surface area contributed by atoms with Crippen molar-refractivity contribution in [2.45, 2.75) is 13.8 Å². The Hall–Kier alpha value is -3.90. The van der Waals surface area contributed by atoms with Crippen LogP contribution in [0.3, 0.4) is 0 Å². The monoisotopic (exact) mass is 449 g/mol. The Labute approximate surface area is 190 Å². The van der Waals surface area contributed by atoms with Gasteiger partial charge < -0.3 is 14.6 Å². The van der Waals surface area contributed by atoms with Gasteiger partial charge in [0.15, 0.2) is 5.76 Å². The van der Waals surface area contributed by atoms with Crippen molar-refractivity contribution in [2.24, 2.45) is 0 Å². The lowest BCUT2D eigenvalue weighted by Crippen LogP contribution is -2.50. The quantitative estimate of drug-likeness (QED) is 0.646. The number of nitriles is 1. The van der Waals surface area contributed by atoms with Crippen molar-refractivity contribution < 1.29 is 18.4 Å². The first-order valence-corrected chi connectivity index (χ1v) is 10.6. The highest BCUT2D eigenvalue weighted by atomic mass is 19.1. The zero-order valence-corrected chi connectivity index (χ0v) is 18.5. The topological polar surface area (TPSA) is 94.5 Å². The summed E-state index contributed by atoms with van der Waals surface area (Å²) in [4.78, 5) is 28.9. The Balaban J connectivity index is 1.46. The molecule has 170 valence electrons. The van der Waals surface area contributed by atoms with E-state index >= 15 is 0 Å². The molecule has 1 aliphatic heterocycles. The van der Waals surface area contributed by atoms with Gasteiger partial charge in [0.1, 0.15) is 17.7 Å². The summed E-state index contributed by atoms with van der Waals surface area (Å²) in [5.41, 5.74) is 2.34. The molecule has 1 aliphatic rings. The van der Waals surface area contributed by atoms with Crippen molar-refractivity contribution in [3.05, 3.63) is 71.1 Å². The zero-order chi connectivity index (χ0) is 23.5. The summed E-state index contributed by atoms with van der Waals surface area (Å²) < 4.78 is 20.7. The molecule has 0 spiro atoms. The highest BCUT2D eigenvalue weighted by Crippen LogP contribution is 2.30. The molecule has 0 aliphatic carbocycles. The minimum absolute atomic E-state index is 0.111. The van der Waals surface area contributed by atoms with Crippen LogP contribution in [0.15, 0.2) is 47.1 Å². The van der Waals surface area contributed by atoms with Crippen LogP contribution in [0.25, 0.3) is 5.69 Å². The second-order valence-corrected chi connectivity index (χ2v) is 7.95. The molecule has 4 rings (SSSR count). The number of amides is 2. The van der Waals surface area contributed by atoms with Crippen molar-refractivity contribution in [1.82, 2.24) is 14.4 Å². The second kappa shape index (κ2) is 9.30. The molecule has 2 aromatic heterocycles. The minimum atomic E-state index is -0.406. The van der Waals surface area contributed by atoms with E-state index in [4.69, 9.17) is 4.42 Å². The van der Waals surface area contributed by atoms with Crippen LogP contribution in [-0.2, 0) is 4.79 Å². The number of hydrogen-bond donors (Lipinski definition) is 1. The van der Waals surface area contributed by atoms with Gasteiger partial charge in [-0.2, -0.15) is 5.26 Å². The smallest absolute Gasteiger partial charge is 0.289 e. The lowest BCUT2D eigenvalue weighted by molar-refractivity contribution is -0.117. The molecule has 3 aromatic rings. The fourth-order valence-corrected chi connectivity index (χ4v) is 4.04. The van der Waals surface area contributed by atoms with Crippen molar-refractivity contribution in [2.75, 3.05) is 38.0 Å². The normalized spacial score (nSPS) is 14.2. The summed E-state index contributed by atoms with van der Waals surface area (Å²) in [6.45, 7) is 5.77. The van der Waals surface area contributed by atoms with E-state index in [0.29, 0.717) is 49.0 Å². The predicted molar refractivity (Wildman–Crippen MR) is 120 cm³/mol. The number of hydrogen-bond acceptors (Lipinski definition) is 5. The third-order valence-electron chi connectivity index (χ3n) is 5.91. The molecule has 33 heavy (non-hydrogen) atoms. The number of carbonyl (C=O) groups is 2. The van der Waals surface area contributed by atoms with Crippen LogP contribution in [0.1, 0.15) is 27.4 Å². The van der Waals surface area contributed by atoms with Crippen LogP contribution in [0.5, 0.6) is 0 Å². The number of carbonyl (C=O) groups excluding carboxylic acids is 2. The van der Waals surface area contributed by atoms with Gasteiger partial charge in [-0.3, -0.25) is 19.1 Å². The van der Waals surface area contributed by atoms with Crippen LogP contribution in [-0.4, -0.2) is 58.9 Å². The standard InChI is InChI=1S/C24H24FN5O3/c1-16-17(2)30(19-6-3-5-18(25)13-19)23(20(16)14-26)27-22(31)15-28-8-10-29(11-9-28)24(32)21-7-4-12-33-21/h3-7,12-13H,8-11,15H2,1-2H3,(H,27,31). The molecular weight excluding hydrogens is 425 g/mol. The van der Waals surface area contributed by atoms with Crippen molar-refractivity contribution in [3.63, 3.8) is 0 Å². The number of piperazine rings is 1. The molecule has 3 heterocycles. The number of nitrogens with zero attached hydrogens (tertiary/aromatic N) is 4. The maximum absolute atomic E-state index is 13.8. The van der Waals surface area contributed by atoms with E-state index in [9.17, 15) is 19.2 Å². The molecule has 0 saturated carbocycles. The van der Waals surface area contributed by atoms with Gasteiger partial charge in [0.2, 0.25) is 5.91 Å². The molecule has 1 aromatic carbocycles. The fraction of sp³-hybridized carbons (Fsp3) is 0.292. The number of halogens is 1. The molecule has 1 saturated heterocycles. The Morgan fingerprint density at radius 3 is 2.55 bits per heavy atom. The van der Waals surface area contributed by atoms with E-state index in [1.165, 1.54) is 18.4 Å². The number of anilines is 1. The van der Waals surface area contributed by atoms with Gasteiger partial charge in [0.05, 0.1) is 24.1 Å². The van der Waals surface area contributed by atoms with E-state index in [1.54, 1.807) is 40.7 Å². The van der Waals surface area contributed by atoms with Crippen molar-refractivity contribution >= 4 is 17.6 Å². The fourth-order valence-electron chi connectivity index (χ4n) is 4.04. The van der Waals surface area contributed by atoms with Crippen LogP contribution in [0, 0.1) is 31.0 Å². The lowest BCUT2D eigenvalue weighted by atomic mass is 10.2. The first-order valence-electron chi connectivity index (χ1n) is 10.6. The first kappa shape index (κ1) is 22.3. The molecule has 9 heteroatoms. The van der Waals surface area contributed by atoms with Crippen LogP contribution >= 0.6 is 0 Å². The van der Waals surface area contributed by atoms with Crippen molar-refractivity contribution in [3.8, 4) is 11.8 Å². The number of benzene rings is 1. The molecule has 0 unspecified atom stereocenters. The molecule has 2 amide bonds. The zero-order valence-electron chi connectivity index (χ0n) is 18.5. The Morgan fingerprint density at radius 1 is 1.15 bits per heavy atom. The van der Waals surface area contributed by atoms with E-state index in [2.05, 4.69) is 11.4 Å². The van der Waals surface area contributed by atoms with E-state index in [1.807, 2.05) is 11.8 Å². The maximum atomic E-state index is 13.8. The average molecular weight is 449 g/mol. The van der Waals surface area contributed by atoms with Gasteiger partial charge in [-0.25, -0.2) is 4.39 Å². The molecule has 8 nitrogen and oxygen atoms in total. The number of aromatic nitrogens is 1. The van der Waals surface area contributed by atoms with Gasteiger partial charge in [0.25, 0.3) is 5.91 Å². The number of rotatable bonds is 5. The summed E-state index contributed by atoms with van der Waals surface area (Å²) in [5.74, 6) is -0.228. The summed E-state index contributed by atoms with van der Waals surface area (Å²) >= 11 is 0. The number of nitrogens with one attached hydrogen (secondary N) is 1. The molecule has 1 N–H and O–H groups in total. The average Bonchev–Trinajstić information content (AvgIpc) is 3.41. The Kier molecular flexibility index (Phi) is 6.29. The molecule has 0 radical (unpaired) electrons. The molecule has 0 bridgehead atoms. The van der Waals surface area contributed by atoms with E-state index in [-0.39, 0.29) is 18.4 Å². The van der Waals surface area contributed by atoms with Gasteiger partial charge in [-0.05, 0) is 49.7 Å². The SMILES string of the molecule is Cc1c(C#N)c(NC(=O)CN2CCN(C(=O)c3ccco3)CC2)n(-c2cccc(F)c2)c1C. The Morgan fingerprint density at radius 2 is 1.91 bits per heavy atom. The predicted octanol–water partition coefficient (Wildman–Crippen LogP) is 3.09. The summed E-state index contributed by atoms with van der Waals surface area (Å²) in [5, 5.41) is 12.5. The highest BCUT2D eigenvalue weighted by molar-refractivity contribution is 5.94. The van der Waals surface area contributed by atoms with Gasteiger partial charge in [-0.15, -0.1) is 0 Å². The second-order valence-electron chi connectivity index (χ2n) is 7.95. The third-order valence-corrected chi connectivity index (χ3v) is 5.91. The van der Waals surface area contributed by atoms with E-state index in [0.717, 1.165) is 11.3 Å². The summed E-state index contributed by atoms with van der Waals surface area (Å²) in [6, 6.07) is 11.5. The maximum Gasteiger partial charge on any atom is 0.289 e. The minimum Gasteiger partial charge on any atom is -0.459 e. The first-order chi connectivity index (χ1) is 15.9. The lowest BCUT2D eigenvalue weighted by Gasteiger charge is -2.33. The largest absolute Gasteiger partial charge is 0.459 e. The summed E-state index contributed by atoms with van der Waals surface area (Å²) in [6.07, 6.45) is 1.46. The van der Waals surface area contributed by atoms with Gasteiger partial charge in [-0.1, -0.05) is 6.07 Å². The van der Waals surface area contributed by atoms with Crippen LogP contribution in [0.4, 0.5) is 10.2 Å². The molecule has 1 fully saturated rings. The number of furan rings is 1. The third kappa shape index (κ3) is 4.52. The highest BCUT2D eigenvalue weighted by Gasteiger charge is 2.26. The van der Waals surface area contributed by atoms with Gasteiger partial charge in [0, 0.05) is 31.9 Å². The Bertz CT molecular complexity index is 1220. The molecule has 0 atom stereocenters. The van der Waals surface area contributed by atoms with Crippen molar-refractivity contribution in [1.29, 1.82) is 5.26 Å². The molecular formula is C24H24FN5O3. The summed E-state index contributed by atoms with van der Waals surface area (Å²) in [7, 11) is 0.